The molecule has 2 aromatic carbocycles. The highest BCUT2D eigenvalue weighted by Gasteiger charge is 2.16. The van der Waals surface area contributed by atoms with Crippen LogP contribution in [0.15, 0.2) is 53.4 Å². The Labute approximate surface area is 181 Å². The number of thioether (sulfide) groups is 1. The van der Waals surface area contributed by atoms with Gasteiger partial charge in [-0.1, -0.05) is 17.4 Å². The quantitative estimate of drug-likeness (QED) is 0.405. The third-order valence-corrected chi connectivity index (χ3v) is 6.14. The molecule has 154 valence electrons. The minimum Gasteiger partial charge on any atom is -0.492 e. The fraction of sp³-hybridized carbons (Fsp3) is 0.190. The van der Waals surface area contributed by atoms with E-state index in [4.69, 9.17) is 4.74 Å². The molecule has 4 aromatic rings. The van der Waals surface area contributed by atoms with E-state index in [0.717, 1.165) is 26.6 Å². The van der Waals surface area contributed by atoms with E-state index in [1.54, 1.807) is 22.9 Å². The number of carbonyl (C=O) groups excluding carboxylic acids is 1. The SMILES string of the molecule is CCOc1cccc2sc(-n3nc(C)cc3NC(=O)CSc3ccc(F)cc3)nc12. The van der Waals surface area contributed by atoms with Crippen molar-refractivity contribution in [2.24, 2.45) is 0 Å². The molecule has 6 nitrogen and oxygen atoms in total. The second-order valence-corrected chi connectivity index (χ2v) is 8.46. The zero-order chi connectivity index (χ0) is 21.1. The topological polar surface area (TPSA) is 69.0 Å². The lowest BCUT2D eigenvalue weighted by Crippen LogP contribution is -2.16. The zero-order valence-corrected chi connectivity index (χ0v) is 18.0. The lowest BCUT2D eigenvalue weighted by molar-refractivity contribution is -0.113. The molecule has 0 saturated heterocycles. The average Bonchev–Trinajstić information content (AvgIpc) is 3.31. The van der Waals surface area contributed by atoms with Crippen molar-refractivity contribution in [1.29, 1.82) is 0 Å². The number of rotatable bonds is 7. The fourth-order valence-electron chi connectivity index (χ4n) is 2.87. The maximum absolute atomic E-state index is 13.0. The standard InChI is InChI=1S/C21H19FN4O2S2/c1-3-28-16-5-4-6-17-20(16)24-21(30-17)26-18(11-13(2)25-26)23-19(27)12-29-15-9-7-14(22)8-10-15/h4-11H,3,12H2,1-2H3,(H,23,27). The van der Waals surface area contributed by atoms with Gasteiger partial charge in [0.2, 0.25) is 11.0 Å². The molecule has 0 atom stereocenters. The van der Waals surface area contributed by atoms with Gasteiger partial charge in [-0.25, -0.2) is 9.37 Å². The van der Waals surface area contributed by atoms with Crippen LogP contribution in [0.4, 0.5) is 10.2 Å². The smallest absolute Gasteiger partial charge is 0.235 e. The first-order valence-electron chi connectivity index (χ1n) is 9.31. The van der Waals surface area contributed by atoms with E-state index in [1.807, 2.05) is 32.0 Å². The second-order valence-electron chi connectivity index (χ2n) is 6.41. The van der Waals surface area contributed by atoms with Gasteiger partial charge in [0, 0.05) is 11.0 Å². The second kappa shape index (κ2) is 8.85. The van der Waals surface area contributed by atoms with Gasteiger partial charge < -0.3 is 10.1 Å². The van der Waals surface area contributed by atoms with E-state index in [0.29, 0.717) is 17.6 Å². The number of halogens is 1. The van der Waals surface area contributed by atoms with Crippen LogP contribution >= 0.6 is 23.1 Å². The van der Waals surface area contributed by atoms with Crippen LogP contribution in [0.25, 0.3) is 15.3 Å². The maximum Gasteiger partial charge on any atom is 0.235 e. The van der Waals surface area contributed by atoms with Gasteiger partial charge >= 0.3 is 0 Å². The molecular formula is C21H19FN4O2S2. The van der Waals surface area contributed by atoms with Crippen LogP contribution in [-0.4, -0.2) is 33.0 Å². The summed E-state index contributed by atoms with van der Waals surface area (Å²) in [6.07, 6.45) is 0. The van der Waals surface area contributed by atoms with Crippen molar-refractivity contribution in [2.45, 2.75) is 18.7 Å². The highest BCUT2D eigenvalue weighted by Crippen LogP contribution is 2.32. The summed E-state index contributed by atoms with van der Waals surface area (Å²) in [6, 6.07) is 13.7. The van der Waals surface area contributed by atoms with Crippen molar-refractivity contribution in [3.8, 4) is 10.9 Å². The van der Waals surface area contributed by atoms with Gasteiger partial charge in [0.1, 0.15) is 22.9 Å². The molecule has 0 unspecified atom stereocenters. The molecule has 0 aliphatic rings. The fourth-order valence-corrected chi connectivity index (χ4v) is 4.51. The molecule has 30 heavy (non-hydrogen) atoms. The average molecular weight is 443 g/mol. The molecular weight excluding hydrogens is 423 g/mol. The summed E-state index contributed by atoms with van der Waals surface area (Å²) in [5.74, 6) is 0.995. The third kappa shape index (κ3) is 4.47. The van der Waals surface area contributed by atoms with Crippen LogP contribution in [-0.2, 0) is 4.79 Å². The van der Waals surface area contributed by atoms with Gasteiger partial charge in [0.15, 0.2) is 0 Å². The number of nitrogens with zero attached hydrogens (tertiary/aromatic N) is 3. The molecule has 9 heteroatoms. The lowest BCUT2D eigenvalue weighted by Gasteiger charge is -2.06. The van der Waals surface area contributed by atoms with Gasteiger partial charge in [-0.2, -0.15) is 9.78 Å². The Balaban J connectivity index is 1.54. The number of ether oxygens (including phenoxy) is 1. The van der Waals surface area contributed by atoms with Crippen molar-refractivity contribution < 1.29 is 13.9 Å². The van der Waals surface area contributed by atoms with Gasteiger partial charge in [-0.3, -0.25) is 4.79 Å². The van der Waals surface area contributed by atoms with Crippen LogP contribution in [0.2, 0.25) is 0 Å². The molecule has 0 fully saturated rings. The Bertz CT molecular complexity index is 1190. The summed E-state index contributed by atoms with van der Waals surface area (Å²) in [7, 11) is 0. The number of para-hydroxylation sites is 1. The first kappa shape index (κ1) is 20.4. The Morgan fingerprint density at radius 3 is 2.83 bits per heavy atom. The number of nitrogens with one attached hydrogen (secondary N) is 1. The summed E-state index contributed by atoms with van der Waals surface area (Å²) in [4.78, 5) is 18.0. The number of anilines is 1. The summed E-state index contributed by atoms with van der Waals surface area (Å²) in [6.45, 7) is 4.35. The monoisotopic (exact) mass is 442 g/mol. The van der Waals surface area contributed by atoms with E-state index >= 15 is 0 Å². The minimum absolute atomic E-state index is 0.179. The molecule has 0 spiro atoms. The Morgan fingerprint density at radius 2 is 2.07 bits per heavy atom. The molecule has 1 N–H and O–H groups in total. The number of fused-ring (bicyclic) bond motifs is 1. The van der Waals surface area contributed by atoms with E-state index in [-0.39, 0.29) is 17.5 Å². The number of hydrogen-bond donors (Lipinski definition) is 1. The van der Waals surface area contributed by atoms with Crippen LogP contribution in [0.1, 0.15) is 12.6 Å². The van der Waals surface area contributed by atoms with Crippen molar-refractivity contribution in [3.05, 3.63) is 60.0 Å². The summed E-state index contributed by atoms with van der Waals surface area (Å²) >= 11 is 2.81. The summed E-state index contributed by atoms with van der Waals surface area (Å²) in [5, 5.41) is 8.04. The molecule has 0 aliphatic carbocycles. The lowest BCUT2D eigenvalue weighted by atomic mass is 10.3. The zero-order valence-electron chi connectivity index (χ0n) is 16.4. The van der Waals surface area contributed by atoms with E-state index in [9.17, 15) is 9.18 Å². The number of hydrogen-bond acceptors (Lipinski definition) is 6. The highest BCUT2D eigenvalue weighted by molar-refractivity contribution is 8.00. The summed E-state index contributed by atoms with van der Waals surface area (Å²) in [5.41, 5.74) is 1.54. The summed E-state index contributed by atoms with van der Waals surface area (Å²) < 4.78 is 21.3. The number of thiazole rings is 1. The van der Waals surface area contributed by atoms with Gasteiger partial charge in [-0.05, 0) is 50.2 Å². The van der Waals surface area contributed by atoms with Crippen molar-refractivity contribution in [1.82, 2.24) is 14.8 Å². The third-order valence-electron chi connectivity index (χ3n) is 4.13. The molecule has 0 saturated carbocycles. The van der Waals surface area contributed by atoms with Crippen LogP contribution in [0, 0.1) is 12.7 Å². The molecule has 2 heterocycles. The van der Waals surface area contributed by atoms with Crippen LogP contribution in [0.5, 0.6) is 5.75 Å². The van der Waals surface area contributed by atoms with Gasteiger partial charge in [0.05, 0.1) is 22.8 Å². The molecule has 0 aliphatic heterocycles. The Kier molecular flexibility index (Phi) is 6.01. The first-order valence-corrected chi connectivity index (χ1v) is 11.1. The Morgan fingerprint density at radius 1 is 1.27 bits per heavy atom. The van der Waals surface area contributed by atoms with Crippen molar-refractivity contribution in [3.63, 3.8) is 0 Å². The Hall–Kier alpha value is -2.91. The van der Waals surface area contributed by atoms with E-state index < -0.39 is 0 Å². The normalized spacial score (nSPS) is 11.0. The van der Waals surface area contributed by atoms with Crippen LogP contribution < -0.4 is 10.1 Å². The molecule has 4 rings (SSSR count). The minimum atomic E-state index is -0.300. The van der Waals surface area contributed by atoms with Crippen molar-refractivity contribution >= 4 is 45.0 Å². The number of carbonyl (C=O) groups is 1. The van der Waals surface area contributed by atoms with E-state index in [1.165, 1.54) is 35.2 Å². The number of aryl methyl sites for hydroxylation is 1. The van der Waals surface area contributed by atoms with Gasteiger partial charge in [-0.15, -0.1) is 11.8 Å². The molecule has 0 radical (unpaired) electrons. The predicted octanol–water partition coefficient (Wildman–Crippen LogP) is 5.06. The highest BCUT2D eigenvalue weighted by atomic mass is 32.2. The number of aromatic nitrogens is 3. The number of benzene rings is 2. The molecule has 2 aromatic heterocycles. The predicted molar refractivity (Wildman–Crippen MR) is 118 cm³/mol. The maximum atomic E-state index is 13.0. The largest absolute Gasteiger partial charge is 0.492 e. The number of amides is 1. The van der Waals surface area contributed by atoms with E-state index in [2.05, 4.69) is 15.4 Å². The molecule has 0 bridgehead atoms. The first-order chi connectivity index (χ1) is 14.5. The van der Waals surface area contributed by atoms with Crippen molar-refractivity contribution in [2.75, 3.05) is 17.7 Å². The van der Waals surface area contributed by atoms with Gasteiger partial charge in [0.25, 0.3) is 0 Å². The van der Waals surface area contributed by atoms with Crippen LogP contribution in [0.3, 0.4) is 0 Å². The molecule has 1 amide bonds.